The number of hydrogen-bond acceptors (Lipinski definition) is 9. The monoisotopic (exact) mass is 864 g/mol. The van der Waals surface area contributed by atoms with Gasteiger partial charge < -0.3 is 34.9 Å². The zero-order valence-corrected chi connectivity index (χ0v) is 38.4. The number of ketones is 1. The minimum Gasteiger partial charge on any atom is -0.493 e. The van der Waals surface area contributed by atoms with E-state index in [0.29, 0.717) is 32.1 Å². The molecule has 0 radical (unpaired) electrons. The quantitative estimate of drug-likeness (QED) is 0.0260. The van der Waals surface area contributed by atoms with Gasteiger partial charge in [0.2, 0.25) is 0 Å². The minimum absolute atomic E-state index is 0.00835. The fourth-order valence-electron chi connectivity index (χ4n) is 6.64. The summed E-state index contributed by atoms with van der Waals surface area (Å²) in [6.07, 6.45) is 22.4. The molecule has 0 spiro atoms. The molecule has 2 aromatic rings. The Morgan fingerprint density at radius 2 is 0.935 bits per heavy atom. The Balaban J connectivity index is 2.35. The summed E-state index contributed by atoms with van der Waals surface area (Å²) < 4.78 is 23.4. The minimum atomic E-state index is -0.642. The number of esters is 1. The van der Waals surface area contributed by atoms with Gasteiger partial charge in [-0.15, -0.1) is 0 Å². The van der Waals surface area contributed by atoms with E-state index < -0.39 is 30.1 Å². The van der Waals surface area contributed by atoms with E-state index in [2.05, 4.69) is 43.3 Å². The van der Waals surface area contributed by atoms with Crippen LogP contribution >= 0.6 is 0 Å². The van der Waals surface area contributed by atoms with E-state index >= 15 is 0 Å². The largest absolute Gasteiger partial charge is 0.493 e. The molecule has 0 bridgehead atoms. The van der Waals surface area contributed by atoms with Gasteiger partial charge in [0, 0.05) is 18.2 Å². The molecule has 62 heavy (non-hydrogen) atoms. The van der Waals surface area contributed by atoms with E-state index in [9.17, 15) is 24.0 Å². The predicted octanol–water partition coefficient (Wildman–Crippen LogP) is 10.5. The normalized spacial score (nSPS) is 10.8. The molecule has 0 saturated heterocycles. The first-order valence-electron chi connectivity index (χ1n) is 23.5. The summed E-state index contributed by atoms with van der Waals surface area (Å²) >= 11 is 0. The molecule has 12 heteroatoms. The second kappa shape index (κ2) is 33.7. The summed E-state index contributed by atoms with van der Waals surface area (Å²) in [6, 6.07) is 7.62. The third-order valence-electron chi connectivity index (χ3n) is 10.4. The van der Waals surface area contributed by atoms with Gasteiger partial charge in [-0.05, 0) is 49.9 Å². The Kier molecular flexibility index (Phi) is 29.0. The van der Waals surface area contributed by atoms with Crippen molar-refractivity contribution in [3.05, 3.63) is 65.2 Å². The second-order valence-electron chi connectivity index (χ2n) is 15.8. The Hall–Kier alpha value is -4.87. The van der Waals surface area contributed by atoms with E-state index in [0.717, 1.165) is 96.3 Å². The zero-order chi connectivity index (χ0) is 45.2. The van der Waals surface area contributed by atoms with Crippen molar-refractivity contribution in [2.45, 2.75) is 156 Å². The lowest BCUT2D eigenvalue weighted by molar-refractivity contribution is -0.141. The number of carbonyl (C=O) groups is 5. The van der Waals surface area contributed by atoms with Crippen molar-refractivity contribution >= 4 is 29.5 Å². The van der Waals surface area contributed by atoms with Crippen molar-refractivity contribution < 1.29 is 42.9 Å². The van der Waals surface area contributed by atoms with E-state index in [1.807, 2.05) is 6.92 Å². The van der Waals surface area contributed by atoms with Crippen LogP contribution in [0.4, 0.5) is 0 Å². The van der Waals surface area contributed by atoms with Gasteiger partial charge in [0.1, 0.15) is 30.4 Å². The number of nitrogens with one attached hydrogen (secondary N) is 3. The van der Waals surface area contributed by atoms with Crippen molar-refractivity contribution in [1.82, 2.24) is 16.0 Å². The highest BCUT2D eigenvalue weighted by Gasteiger charge is 2.24. The molecule has 3 amide bonds. The maximum absolute atomic E-state index is 14.0. The average molecular weight is 864 g/mol. The Morgan fingerprint density at radius 1 is 0.500 bits per heavy atom. The molecular weight excluding hydrogens is 787 g/mol. The van der Waals surface area contributed by atoms with Crippen LogP contribution in [0, 0.1) is 0 Å². The van der Waals surface area contributed by atoms with Gasteiger partial charge >= 0.3 is 5.97 Å². The molecule has 12 nitrogen and oxygen atoms in total. The molecule has 0 aliphatic rings. The van der Waals surface area contributed by atoms with Crippen LogP contribution in [-0.2, 0) is 9.53 Å². The number of unbranched alkanes of at least 4 members (excludes halogenated alkanes) is 16. The molecule has 0 fully saturated rings. The molecule has 0 heterocycles. The number of Topliss-reactive ketones (excluding diaryl/α,β-unsaturated/α-hetero) is 1. The molecule has 0 aromatic heterocycles. The molecule has 346 valence electrons. The van der Waals surface area contributed by atoms with Crippen molar-refractivity contribution in [3.8, 4) is 17.2 Å². The van der Waals surface area contributed by atoms with Crippen LogP contribution in [-0.4, -0.2) is 75.5 Å². The van der Waals surface area contributed by atoms with Gasteiger partial charge in [-0.3, -0.25) is 24.0 Å². The molecule has 0 saturated carbocycles. The molecule has 2 aromatic carbocycles. The summed E-state index contributed by atoms with van der Waals surface area (Å²) in [7, 11) is 0. The Labute approximate surface area is 372 Å². The summed E-state index contributed by atoms with van der Waals surface area (Å²) in [5, 5.41) is 8.22. The lowest BCUT2D eigenvalue weighted by Gasteiger charge is -2.18. The first-order chi connectivity index (χ1) is 30.2. The Bertz CT molecular complexity index is 1640. The fourth-order valence-corrected chi connectivity index (χ4v) is 6.64. The molecule has 2 rings (SSSR count). The molecule has 0 aliphatic carbocycles. The third kappa shape index (κ3) is 21.8. The number of hydrogen-bond donors (Lipinski definition) is 3. The van der Waals surface area contributed by atoms with Crippen molar-refractivity contribution in [1.29, 1.82) is 0 Å². The summed E-state index contributed by atoms with van der Waals surface area (Å²) in [5.41, 5.74) is 0.560. The van der Waals surface area contributed by atoms with E-state index in [1.54, 1.807) is 18.2 Å². The smallest absolute Gasteiger partial charge is 0.325 e. The molecule has 0 unspecified atom stereocenters. The van der Waals surface area contributed by atoms with Crippen LogP contribution in [0.25, 0.3) is 0 Å². The van der Waals surface area contributed by atoms with Crippen LogP contribution in [0.15, 0.2) is 43.0 Å². The van der Waals surface area contributed by atoms with Gasteiger partial charge in [-0.1, -0.05) is 143 Å². The van der Waals surface area contributed by atoms with E-state index in [-0.39, 0.29) is 52.8 Å². The van der Waals surface area contributed by atoms with Crippen LogP contribution in [0.5, 0.6) is 17.2 Å². The van der Waals surface area contributed by atoms with Crippen LogP contribution in [0.2, 0.25) is 0 Å². The van der Waals surface area contributed by atoms with E-state index in [4.69, 9.17) is 18.9 Å². The highest BCUT2D eigenvalue weighted by molar-refractivity contribution is 6.07. The number of benzene rings is 2. The van der Waals surface area contributed by atoms with Crippen molar-refractivity contribution in [3.63, 3.8) is 0 Å². The molecule has 0 atom stereocenters. The first-order valence-corrected chi connectivity index (χ1v) is 23.5. The maximum atomic E-state index is 14.0. The standard InChI is InChI=1S/C50H77N3O9/c1-6-11-15-18-21-24-31-59-44-28-27-39(34-40(44)49(57)53-38-47(55)62-30-10-5)43(54)37-52-50(58)42-35-41(48(56)51-29-14-9-4)45(60-32-25-22-19-16-12-7-2)36-46(42)61-33-26-23-20-17-13-8-3/h10,27-28,34-36H,5-9,11-26,29-33,37-38H2,1-4H3,(H,51,56)(H,52,58)(H,53,57). The van der Waals surface area contributed by atoms with Gasteiger partial charge in [-0.2, -0.15) is 0 Å². The average Bonchev–Trinajstić information content (AvgIpc) is 3.28. The third-order valence-corrected chi connectivity index (χ3v) is 10.4. The van der Waals surface area contributed by atoms with Gasteiger partial charge in [0.05, 0.1) is 43.1 Å². The van der Waals surface area contributed by atoms with Gasteiger partial charge in [-0.25, -0.2) is 0 Å². The number of carbonyl (C=O) groups excluding carboxylic acids is 5. The first kappa shape index (κ1) is 53.3. The topological polar surface area (TPSA) is 158 Å². The number of amides is 3. The SMILES string of the molecule is C=CCOC(=O)CNC(=O)c1cc(C(=O)CNC(=O)c2cc(C(=O)NCCCC)c(OCCCCCCCC)cc2OCCCCCCCC)ccc1OCCCCCCCC. The maximum Gasteiger partial charge on any atom is 0.325 e. The van der Waals surface area contributed by atoms with Crippen molar-refractivity contribution in [2.24, 2.45) is 0 Å². The zero-order valence-electron chi connectivity index (χ0n) is 38.4. The highest BCUT2D eigenvalue weighted by atomic mass is 16.5. The second-order valence-corrected chi connectivity index (χ2v) is 15.8. The van der Waals surface area contributed by atoms with Gasteiger partial charge in [0.25, 0.3) is 17.7 Å². The van der Waals surface area contributed by atoms with Crippen LogP contribution in [0.1, 0.15) is 198 Å². The summed E-state index contributed by atoms with van der Waals surface area (Å²) in [6.45, 7) is 12.9. The van der Waals surface area contributed by atoms with Crippen LogP contribution in [0.3, 0.4) is 0 Å². The van der Waals surface area contributed by atoms with Crippen molar-refractivity contribution in [2.75, 3.05) is 46.1 Å². The molecule has 3 N–H and O–H groups in total. The molecular formula is C50H77N3O9. The molecule has 0 aliphatic heterocycles. The van der Waals surface area contributed by atoms with Crippen LogP contribution < -0.4 is 30.2 Å². The summed E-state index contributed by atoms with van der Waals surface area (Å²) in [4.78, 5) is 66.7. The number of ether oxygens (including phenoxy) is 4. The van der Waals surface area contributed by atoms with Gasteiger partial charge in [0.15, 0.2) is 5.78 Å². The van der Waals surface area contributed by atoms with E-state index in [1.165, 1.54) is 50.3 Å². The fraction of sp³-hybridized carbons (Fsp3) is 0.620. The highest BCUT2D eigenvalue weighted by Crippen LogP contribution is 2.31. The summed E-state index contributed by atoms with van der Waals surface area (Å²) in [5.74, 6) is -1.80. The predicted molar refractivity (Wildman–Crippen MR) is 247 cm³/mol. The number of rotatable bonds is 37. The lowest BCUT2D eigenvalue weighted by Crippen LogP contribution is -2.32. The Morgan fingerprint density at radius 3 is 1.44 bits per heavy atom. The lowest BCUT2D eigenvalue weighted by atomic mass is 10.0.